The third-order valence-corrected chi connectivity index (χ3v) is 4.32. The van der Waals surface area contributed by atoms with E-state index >= 15 is 0 Å². The molecule has 2 bridgehead atoms. The maximum atomic E-state index is 2.88. The highest BCUT2D eigenvalue weighted by Gasteiger charge is 2.40. The van der Waals surface area contributed by atoms with Gasteiger partial charge in [-0.15, -0.1) is 0 Å². The van der Waals surface area contributed by atoms with Crippen molar-refractivity contribution in [1.82, 2.24) is 4.90 Å². The van der Waals surface area contributed by atoms with Gasteiger partial charge in [-0.25, -0.2) is 0 Å². The normalized spacial score (nSPS) is 35.1. The molecule has 0 aliphatic carbocycles. The van der Waals surface area contributed by atoms with Crippen LogP contribution in [0.3, 0.4) is 0 Å². The quantitative estimate of drug-likeness (QED) is 0.667. The van der Waals surface area contributed by atoms with E-state index in [4.69, 9.17) is 0 Å². The zero-order chi connectivity index (χ0) is 10.1. The Morgan fingerprint density at radius 3 is 2.07 bits per heavy atom. The third-order valence-electron chi connectivity index (χ3n) is 4.32. The van der Waals surface area contributed by atoms with Crippen molar-refractivity contribution in [3.63, 3.8) is 0 Å². The largest absolute Gasteiger partial charge is 0.294 e. The highest BCUT2D eigenvalue weighted by atomic mass is 15.2. The molecule has 0 aromatic rings. The molecule has 0 aromatic heterocycles. The average molecular weight is 195 g/mol. The zero-order valence-electron chi connectivity index (χ0n) is 10.00. The summed E-state index contributed by atoms with van der Waals surface area (Å²) in [5.74, 6) is 0.834. The van der Waals surface area contributed by atoms with Crippen molar-refractivity contribution < 1.29 is 0 Å². The summed E-state index contributed by atoms with van der Waals surface area (Å²) in [6, 6.07) is 2.75. The van der Waals surface area contributed by atoms with Crippen LogP contribution in [0.5, 0.6) is 0 Å². The molecular formula is C13H25N. The predicted molar refractivity (Wildman–Crippen MR) is 61.4 cm³/mol. The van der Waals surface area contributed by atoms with E-state index in [1.54, 1.807) is 0 Å². The lowest BCUT2D eigenvalue weighted by atomic mass is 9.93. The van der Waals surface area contributed by atoms with Crippen LogP contribution in [0.4, 0.5) is 0 Å². The van der Waals surface area contributed by atoms with Gasteiger partial charge in [0.05, 0.1) is 0 Å². The first-order valence-electron chi connectivity index (χ1n) is 6.51. The Kier molecular flexibility index (Phi) is 3.16. The number of piperidine rings is 1. The standard InChI is InChI=1S/C13H25N/c1-4-13(10(2)3)14-11-6-5-7-12(14)9-8-11/h10-13H,4-9H2,1-3H3. The SMILES string of the molecule is CCC(C(C)C)N1C2CCCC1CC2. The number of nitrogens with zero attached hydrogens (tertiary/aromatic N) is 1. The van der Waals surface area contributed by atoms with E-state index in [0.717, 1.165) is 24.0 Å². The molecule has 0 amide bonds. The van der Waals surface area contributed by atoms with Gasteiger partial charge in [0.2, 0.25) is 0 Å². The fraction of sp³-hybridized carbons (Fsp3) is 1.00. The molecule has 14 heavy (non-hydrogen) atoms. The highest BCUT2D eigenvalue weighted by molar-refractivity contribution is 4.95. The van der Waals surface area contributed by atoms with E-state index in [1.807, 2.05) is 0 Å². The number of hydrogen-bond acceptors (Lipinski definition) is 1. The molecule has 0 N–H and O–H groups in total. The van der Waals surface area contributed by atoms with Crippen LogP contribution in [-0.4, -0.2) is 23.0 Å². The molecule has 82 valence electrons. The van der Waals surface area contributed by atoms with Gasteiger partial charge in [0.25, 0.3) is 0 Å². The molecule has 2 fully saturated rings. The minimum absolute atomic E-state index is 0.834. The molecule has 2 saturated heterocycles. The Morgan fingerprint density at radius 2 is 1.64 bits per heavy atom. The summed E-state index contributed by atoms with van der Waals surface area (Å²) in [7, 11) is 0. The number of hydrogen-bond donors (Lipinski definition) is 0. The van der Waals surface area contributed by atoms with Crippen molar-refractivity contribution in [3.8, 4) is 0 Å². The molecule has 2 rings (SSSR count). The second-order valence-electron chi connectivity index (χ2n) is 5.48. The monoisotopic (exact) mass is 195 g/mol. The summed E-state index contributed by atoms with van der Waals surface area (Å²) in [5, 5.41) is 0. The van der Waals surface area contributed by atoms with Gasteiger partial charge in [-0.3, -0.25) is 4.90 Å². The predicted octanol–water partition coefficient (Wildman–Crippen LogP) is 3.44. The van der Waals surface area contributed by atoms with Crippen molar-refractivity contribution >= 4 is 0 Å². The summed E-state index contributed by atoms with van der Waals surface area (Å²) in [6.07, 6.45) is 8.73. The van der Waals surface area contributed by atoms with E-state index in [1.165, 1.54) is 38.5 Å². The summed E-state index contributed by atoms with van der Waals surface area (Å²) in [4.78, 5) is 2.88. The third kappa shape index (κ3) is 1.71. The molecule has 1 heteroatoms. The van der Waals surface area contributed by atoms with Gasteiger partial charge < -0.3 is 0 Å². The second-order valence-corrected chi connectivity index (χ2v) is 5.48. The van der Waals surface area contributed by atoms with Crippen molar-refractivity contribution in [1.29, 1.82) is 0 Å². The van der Waals surface area contributed by atoms with Gasteiger partial charge in [0.1, 0.15) is 0 Å². The summed E-state index contributed by atoms with van der Waals surface area (Å²) in [6.45, 7) is 7.14. The molecule has 2 aliphatic heterocycles. The number of rotatable bonds is 3. The molecule has 0 aromatic carbocycles. The summed E-state index contributed by atoms with van der Waals surface area (Å²) < 4.78 is 0. The molecule has 0 radical (unpaired) electrons. The first-order chi connectivity index (χ1) is 6.74. The van der Waals surface area contributed by atoms with Crippen LogP contribution in [0.15, 0.2) is 0 Å². The second kappa shape index (κ2) is 4.22. The Morgan fingerprint density at radius 1 is 1.07 bits per heavy atom. The Balaban J connectivity index is 2.08. The van der Waals surface area contributed by atoms with Crippen molar-refractivity contribution in [2.75, 3.05) is 0 Å². The van der Waals surface area contributed by atoms with Crippen LogP contribution >= 0.6 is 0 Å². The smallest absolute Gasteiger partial charge is 0.0121 e. The lowest BCUT2D eigenvalue weighted by Crippen LogP contribution is -2.48. The van der Waals surface area contributed by atoms with Gasteiger partial charge in [-0.2, -0.15) is 0 Å². The topological polar surface area (TPSA) is 3.24 Å². The van der Waals surface area contributed by atoms with Crippen LogP contribution < -0.4 is 0 Å². The van der Waals surface area contributed by atoms with Crippen LogP contribution in [-0.2, 0) is 0 Å². The van der Waals surface area contributed by atoms with Gasteiger partial charge in [-0.1, -0.05) is 27.2 Å². The minimum atomic E-state index is 0.834. The fourth-order valence-corrected chi connectivity index (χ4v) is 3.73. The van der Waals surface area contributed by atoms with Crippen molar-refractivity contribution in [2.45, 2.75) is 77.4 Å². The van der Waals surface area contributed by atoms with Gasteiger partial charge in [0.15, 0.2) is 0 Å². The van der Waals surface area contributed by atoms with E-state index in [-0.39, 0.29) is 0 Å². The zero-order valence-corrected chi connectivity index (χ0v) is 10.00. The first-order valence-corrected chi connectivity index (χ1v) is 6.51. The van der Waals surface area contributed by atoms with E-state index in [0.29, 0.717) is 0 Å². The van der Waals surface area contributed by atoms with Crippen LogP contribution in [0, 0.1) is 5.92 Å². The highest BCUT2D eigenvalue weighted by Crippen LogP contribution is 2.39. The van der Waals surface area contributed by atoms with E-state index < -0.39 is 0 Å². The lowest BCUT2D eigenvalue weighted by molar-refractivity contribution is 0.0594. The molecule has 1 nitrogen and oxygen atoms in total. The Bertz CT molecular complexity index is 172. The molecule has 2 heterocycles. The minimum Gasteiger partial charge on any atom is -0.294 e. The summed E-state index contributed by atoms with van der Waals surface area (Å²) >= 11 is 0. The molecule has 3 unspecified atom stereocenters. The average Bonchev–Trinajstić information content (AvgIpc) is 2.42. The lowest BCUT2D eigenvalue weighted by Gasteiger charge is -2.42. The van der Waals surface area contributed by atoms with Crippen molar-refractivity contribution in [3.05, 3.63) is 0 Å². The van der Waals surface area contributed by atoms with Gasteiger partial charge in [-0.05, 0) is 38.0 Å². The Labute approximate surface area is 88.9 Å². The van der Waals surface area contributed by atoms with Crippen molar-refractivity contribution in [2.24, 2.45) is 5.92 Å². The molecule has 0 saturated carbocycles. The van der Waals surface area contributed by atoms with Crippen LogP contribution in [0.2, 0.25) is 0 Å². The molecular weight excluding hydrogens is 170 g/mol. The van der Waals surface area contributed by atoms with Crippen LogP contribution in [0.25, 0.3) is 0 Å². The Hall–Kier alpha value is -0.0400. The molecule has 2 aliphatic rings. The first kappa shape index (κ1) is 10.5. The fourth-order valence-electron chi connectivity index (χ4n) is 3.73. The summed E-state index contributed by atoms with van der Waals surface area (Å²) in [5.41, 5.74) is 0. The molecule has 3 atom stereocenters. The van der Waals surface area contributed by atoms with E-state index in [9.17, 15) is 0 Å². The maximum Gasteiger partial charge on any atom is 0.0121 e. The number of fused-ring (bicyclic) bond motifs is 2. The maximum absolute atomic E-state index is 2.88. The van der Waals surface area contributed by atoms with E-state index in [2.05, 4.69) is 25.7 Å². The van der Waals surface area contributed by atoms with Gasteiger partial charge in [0, 0.05) is 18.1 Å². The van der Waals surface area contributed by atoms with Gasteiger partial charge >= 0.3 is 0 Å². The van der Waals surface area contributed by atoms with Crippen LogP contribution in [0.1, 0.15) is 59.3 Å². The molecule has 0 spiro atoms.